The molecule has 0 N–H and O–H groups in total. The van der Waals surface area contributed by atoms with Crippen LogP contribution in [-0.2, 0) is 14.3 Å². The minimum Gasteiger partial charge on any atom is -0.431 e. The second-order valence-electron chi connectivity index (χ2n) is 2.33. The largest absolute Gasteiger partial charge is 0.431 e. The van der Waals surface area contributed by atoms with Gasteiger partial charge < -0.3 is 4.74 Å². The van der Waals surface area contributed by atoms with Gasteiger partial charge in [0.25, 0.3) is 0 Å². The Bertz CT molecular complexity index is 206. The minimum absolute atomic E-state index is 0.0137. The molecule has 0 aromatic rings. The number of hydrogen-bond acceptors (Lipinski definition) is 3. The zero-order chi connectivity index (χ0) is 8.27. The molecule has 3 nitrogen and oxygen atoms in total. The number of carbonyl (C=O) groups is 2. The van der Waals surface area contributed by atoms with Gasteiger partial charge in [0, 0.05) is 0 Å². The van der Waals surface area contributed by atoms with E-state index in [1.54, 1.807) is 0 Å². The number of aldehydes is 1. The summed E-state index contributed by atoms with van der Waals surface area (Å²) < 4.78 is 16.3. The highest BCUT2D eigenvalue weighted by atomic mass is 19.1. The number of esters is 1. The molecule has 1 rings (SSSR count). The lowest BCUT2D eigenvalue weighted by molar-refractivity contribution is -0.139. The molecule has 4 heteroatoms. The molecule has 0 saturated heterocycles. The van der Waals surface area contributed by atoms with Crippen LogP contribution in [0.25, 0.3) is 0 Å². The lowest BCUT2D eigenvalue weighted by Gasteiger charge is -1.93. The lowest BCUT2D eigenvalue weighted by atomic mass is 10.4. The quantitative estimate of drug-likeness (QED) is 0.266. The number of rotatable bonds is 3. The predicted molar refractivity (Wildman–Crippen MR) is 34.1 cm³/mol. The van der Waals surface area contributed by atoms with Crippen molar-refractivity contribution in [2.75, 3.05) is 0 Å². The maximum absolute atomic E-state index is 12.0. The van der Waals surface area contributed by atoms with Crippen LogP contribution in [-0.4, -0.2) is 12.3 Å². The maximum atomic E-state index is 12.0. The number of allylic oxidation sites excluding steroid dienone is 1. The van der Waals surface area contributed by atoms with Crippen LogP contribution in [0.15, 0.2) is 12.1 Å². The first-order valence-corrected chi connectivity index (χ1v) is 3.25. The van der Waals surface area contributed by atoms with Crippen LogP contribution in [0.1, 0.15) is 12.8 Å². The molecule has 0 spiro atoms. The molecule has 11 heavy (non-hydrogen) atoms. The third kappa shape index (κ3) is 2.49. The topological polar surface area (TPSA) is 43.4 Å². The van der Waals surface area contributed by atoms with Crippen molar-refractivity contribution < 1.29 is 18.7 Å². The van der Waals surface area contributed by atoms with Gasteiger partial charge in [0.05, 0.1) is 5.92 Å². The Labute approximate surface area is 62.8 Å². The first-order chi connectivity index (χ1) is 5.24. The van der Waals surface area contributed by atoms with Crippen molar-refractivity contribution in [3.63, 3.8) is 0 Å². The van der Waals surface area contributed by atoms with Crippen LogP contribution in [0.2, 0.25) is 0 Å². The second-order valence-corrected chi connectivity index (χ2v) is 2.33. The molecule has 1 aliphatic carbocycles. The molecule has 60 valence electrons. The van der Waals surface area contributed by atoms with Gasteiger partial charge in [0.15, 0.2) is 12.1 Å². The summed E-state index contributed by atoms with van der Waals surface area (Å²) in [5, 5.41) is 0. The Kier molecular flexibility index (Phi) is 2.36. The number of halogens is 1. The highest BCUT2D eigenvalue weighted by Gasteiger charge is 2.30. The average Bonchev–Trinajstić information content (AvgIpc) is 2.81. The van der Waals surface area contributed by atoms with Crippen LogP contribution in [0, 0.1) is 5.92 Å². The molecule has 0 aromatic carbocycles. The van der Waals surface area contributed by atoms with Gasteiger partial charge in [0.1, 0.15) is 6.26 Å². The van der Waals surface area contributed by atoms with E-state index < -0.39 is 11.8 Å². The predicted octanol–water partition coefficient (Wildman–Crippen LogP) is 0.949. The summed E-state index contributed by atoms with van der Waals surface area (Å²) in [4.78, 5) is 20.3. The number of hydrogen-bond donors (Lipinski definition) is 0. The molecule has 1 saturated carbocycles. The third-order valence-electron chi connectivity index (χ3n) is 1.31. The molecular weight excluding hydrogens is 151 g/mol. The molecular formula is C7H7FO3. The van der Waals surface area contributed by atoms with Crippen molar-refractivity contribution in [2.24, 2.45) is 5.92 Å². The van der Waals surface area contributed by atoms with Gasteiger partial charge in [-0.2, -0.15) is 4.39 Å². The summed E-state index contributed by atoms with van der Waals surface area (Å²) in [6.45, 7) is 0. The number of carbonyl (C=O) groups excluding carboxylic acids is 2. The normalized spacial score (nSPS) is 17.7. The Morgan fingerprint density at radius 2 is 2.18 bits per heavy atom. The average molecular weight is 158 g/mol. The van der Waals surface area contributed by atoms with Crippen LogP contribution < -0.4 is 0 Å². The van der Waals surface area contributed by atoms with E-state index >= 15 is 0 Å². The van der Waals surface area contributed by atoms with Gasteiger partial charge >= 0.3 is 5.97 Å². The summed E-state index contributed by atoms with van der Waals surface area (Å²) in [5.41, 5.74) is 0. The van der Waals surface area contributed by atoms with E-state index in [2.05, 4.69) is 4.74 Å². The monoisotopic (exact) mass is 158 g/mol. The first-order valence-electron chi connectivity index (χ1n) is 3.25. The maximum Gasteiger partial charge on any atom is 0.313 e. The van der Waals surface area contributed by atoms with Crippen molar-refractivity contribution in [2.45, 2.75) is 12.8 Å². The van der Waals surface area contributed by atoms with Crippen molar-refractivity contribution >= 4 is 12.3 Å². The SMILES string of the molecule is O=C/C(F)=C/OC(=O)C1CC1. The molecule has 0 heterocycles. The van der Waals surface area contributed by atoms with Gasteiger partial charge in [-0.3, -0.25) is 9.59 Å². The van der Waals surface area contributed by atoms with Gasteiger partial charge in [-0.25, -0.2) is 0 Å². The van der Waals surface area contributed by atoms with E-state index in [1.807, 2.05) is 0 Å². The minimum atomic E-state index is -1.07. The molecule has 0 bridgehead atoms. The zero-order valence-electron chi connectivity index (χ0n) is 5.75. The van der Waals surface area contributed by atoms with Crippen LogP contribution >= 0.6 is 0 Å². The van der Waals surface area contributed by atoms with E-state index in [4.69, 9.17) is 0 Å². The summed E-state index contributed by atoms with van der Waals surface area (Å²) in [6, 6.07) is 0. The Hall–Kier alpha value is -1.19. The zero-order valence-corrected chi connectivity index (χ0v) is 5.75. The van der Waals surface area contributed by atoms with E-state index in [0.717, 1.165) is 12.8 Å². The van der Waals surface area contributed by atoms with Crippen molar-refractivity contribution in [1.29, 1.82) is 0 Å². The smallest absolute Gasteiger partial charge is 0.313 e. The Morgan fingerprint density at radius 1 is 1.55 bits per heavy atom. The molecule has 0 atom stereocenters. The highest BCUT2D eigenvalue weighted by molar-refractivity contribution is 5.76. The molecule has 0 aromatic heterocycles. The van der Waals surface area contributed by atoms with Crippen LogP contribution in [0.5, 0.6) is 0 Å². The molecule has 0 unspecified atom stereocenters. The van der Waals surface area contributed by atoms with Crippen molar-refractivity contribution in [1.82, 2.24) is 0 Å². The summed E-state index contributed by atoms with van der Waals surface area (Å²) in [5.74, 6) is -1.60. The van der Waals surface area contributed by atoms with E-state index in [1.165, 1.54) is 0 Å². The molecule has 0 amide bonds. The van der Waals surface area contributed by atoms with Crippen molar-refractivity contribution in [3.05, 3.63) is 12.1 Å². The third-order valence-corrected chi connectivity index (χ3v) is 1.31. The molecule has 0 radical (unpaired) electrons. The van der Waals surface area contributed by atoms with Gasteiger partial charge in [-0.05, 0) is 12.8 Å². The van der Waals surface area contributed by atoms with Crippen molar-refractivity contribution in [3.8, 4) is 0 Å². The van der Waals surface area contributed by atoms with Gasteiger partial charge in [0.2, 0.25) is 0 Å². The Morgan fingerprint density at radius 3 is 2.64 bits per heavy atom. The van der Waals surface area contributed by atoms with Gasteiger partial charge in [-0.1, -0.05) is 0 Å². The fourth-order valence-electron chi connectivity index (χ4n) is 0.557. The van der Waals surface area contributed by atoms with E-state index in [0.29, 0.717) is 6.26 Å². The summed E-state index contributed by atoms with van der Waals surface area (Å²) in [7, 11) is 0. The summed E-state index contributed by atoms with van der Waals surface area (Å²) >= 11 is 0. The lowest BCUT2D eigenvalue weighted by Crippen LogP contribution is -2.01. The molecule has 1 fully saturated rings. The van der Waals surface area contributed by atoms with Crippen LogP contribution in [0.3, 0.4) is 0 Å². The van der Waals surface area contributed by atoms with Crippen LogP contribution in [0.4, 0.5) is 4.39 Å². The fraction of sp³-hybridized carbons (Fsp3) is 0.429. The first kappa shape index (κ1) is 7.91. The standard InChI is InChI=1S/C7H7FO3/c8-6(3-9)4-11-7(10)5-1-2-5/h3-5H,1-2H2/b6-4-. The summed E-state index contributed by atoms with van der Waals surface area (Å²) in [6.07, 6.45) is 2.12. The molecule has 0 aliphatic heterocycles. The molecule has 1 aliphatic rings. The number of ether oxygens (including phenoxy) is 1. The highest BCUT2D eigenvalue weighted by Crippen LogP contribution is 2.30. The van der Waals surface area contributed by atoms with Gasteiger partial charge in [-0.15, -0.1) is 0 Å². The van der Waals surface area contributed by atoms with E-state index in [9.17, 15) is 14.0 Å². The second kappa shape index (κ2) is 3.27. The van der Waals surface area contributed by atoms with E-state index in [-0.39, 0.29) is 12.2 Å². The Balaban J connectivity index is 2.29. The fourth-order valence-corrected chi connectivity index (χ4v) is 0.557.